The molecule has 1 aromatic heterocycles. The second-order valence-corrected chi connectivity index (χ2v) is 4.77. The fourth-order valence-electron chi connectivity index (χ4n) is 1.53. The molecule has 0 aliphatic rings. The van der Waals surface area contributed by atoms with Crippen LogP contribution in [0.5, 0.6) is 0 Å². The lowest BCUT2D eigenvalue weighted by Crippen LogP contribution is -2.16. The molecule has 0 unspecified atom stereocenters. The fourth-order valence-corrected chi connectivity index (χ4v) is 2.01. The first-order valence-corrected chi connectivity index (χ1v) is 6.12. The summed E-state index contributed by atoms with van der Waals surface area (Å²) < 4.78 is 0.950. The van der Waals surface area contributed by atoms with Crippen molar-refractivity contribution in [2.45, 2.75) is 6.92 Å². The standard InChI is InChI=1S/C13H11BrN2O2/c1-8-6-9(14)2-3-11(8)16-13(18)12-7-10(17)4-5-15-12/h2-7H,1H3,(H,15,17)(H,16,18). The molecule has 0 atom stereocenters. The van der Waals surface area contributed by atoms with Crippen molar-refractivity contribution < 1.29 is 4.79 Å². The second kappa shape index (κ2) is 5.18. The Morgan fingerprint density at radius 2 is 2.06 bits per heavy atom. The maximum absolute atomic E-state index is 11.9. The molecule has 4 nitrogen and oxygen atoms in total. The first-order valence-electron chi connectivity index (χ1n) is 5.32. The van der Waals surface area contributed by atoms with E-state index in [1.165, 1.54) is 18.3 Å². The van der Waals surface area contributed by atoms with Crippen molar-refractivity contribution in [2.24, 2.45) is 0 Å². The molecule has 1 heterocycles. The van der Waals surface area contributed by atoms with E-state index in [4.69, 9.17) is 0 Å². The summed E-state index contributed by atoms with van der Waals surface area (Å²) >= 11 is 3.36. The normalized spacial score (nSPS) is 10.1. The number of benzene rings is 1. The number of pyridine rings is 1. The van der Waals surface area contributed by atoms with Crippen LogP contribution in [0.25, 0.3) is 0 Å². The molecular formula is C13H11BrN2O2. The number of nitrogens with one attached hydrogen (secondary N) is 2. The van der Waals surface area contributed by atoms with Gasteiger partial charge in [0.25, 0.3) is 5.91 Å². The zero-order chi connectivity index (χ0) is 13.1. The Labute approximate surface area is 112 Å². The fraction of sp³-hybridized carbons (Fsp3) is 0.0769. The minimum absolute atomic E-state index is 0.202. The van der Waals surface area contributed by atoms with Crippen LogP contribution in [0.2, 0.25) is 0 Å². The Morgan fingerprint density at radius 1 is 1.28 bits per heavy atom. The third-order valence-corrected chi connectivity index (χ3v) is 2.95. The molecule has 0 saturated carbocycles. The van der Waals surface area contributed by atoms with Crippen molar-refractivity contribution in [1.29, 1.82) is 0 Å². The molecule has 2 aromatic rings. The predicted octanol–water partition coefficient (Wildman–Crippen LogP) is 2.70. The molecule has 18 heavy (non-hydrogen) atoms. The predicted molar refractivity (Wildman–Crippen MR) is 73.9 cm³/mol. The van der Waals surface area contributed by atoms with Crippen molar-refractivity contribution >= 4 is 27.5 Å². The Hall–Kier alpha value is -1.88. The van der Waals surface area contributed by atoms with E-state index < -0.39 is 0 Å². The highest BCUT2D eigenvalue weighted by atomic mass is 79.9. The van der Waals surface area contributed by atoms with Gasteiger partial charge in [-0.1, -0.05) is 15.9 Å². The van der Waals surface area contributed by atoms with Gasteiger partial charge in [-0.2, -0.15) is 0 Å². The zero-order valence-corrected chi connectivity index (χ0v) is 11.2. The van der Waals surface area contributed by atoms with E-state index in [1.807, 2.05) is 19.1 Å². The minimum atomic E-state index is -0.335. The molecule has 0 aliphatic carbocycles. The van der Waals surface area contributed by atoms with Crippen LogP contribution in [0.15, 0.2) is 45.8 Å². The van der Waals surface area contributed by atoms with Gasteiger partial charge in [-0.05, 0) is 30.7 Å². The lowest BCUT2D eigenvalue weighted by atomic mass is 10.2. The maximum Gasteiger partial charge on any atom is 0.272 e. The average Bonchev–Trinajstić information content (AvgIpc) is 2.32. The van der Waals surface area contributed by atoms with Crippen molar-refractivity contribution in [1.82, 2.24) is 4.98 Å². The molecule has 0 aliphatic heterocycles. The van der Waals surface area contributed by atoms with Crippen molar-refractivity contribution in [2.75, 3.05) is 5.32 Å². The number of rotatable bonds is 2. The molecule has 2 N–H and O–H groups in total. The number of amides is 1. The molecule has 0 bridgehead atoms. The number of aromatic nitrogens is 1. The van der Waals surface area contributed by atoms with Gasteiger partial charge >= 0.3 is 0 Å². The van der Waals surface area contributed by atoms with E-state index in [9.17, 15) is 9.59 Å². The lowest BCUT2D eigenvalue weighted by molar-refractivity contribution is 0.102. The Kier molecular flexibility index (Phi) is 3.62. The van der Waals surface area contributed by atoms with Crippen LogP contribution in [-0.4, -0.2) is 10.9 Å². The number of aromatic amines is 1. The van der Waals surface area contributed by atoms with Crippen LogP contribution in [0.4, 0.5) is 5.69 Å². The lowest BCUT2D eigenvalue weighted by Gasteiger charge is -2.08. The van der Waals surface area contributed by atoms with Crippen LogP contribution in [0.3, 0.4) is 0 Å². The average molecular weight is 307 g/mol. The van der Waals surface area contributed by atoms with E-state index in [2.05, 4.69) is 26.2 Å². The van der Waals surface area contributed by atoms with Crippen molar-refractivity contribution in [3.63, 3.8) is 0 Å². The van der Waals surface area contributed by atoms with Gasteiger partial charge in [0.05, 0.1) is 0 Å². The Bertz CT molecular complexity index is 649. The monoisotopic (exact) mass is 306 g/mol. The topological polar surface area (TPSA) is 62.0 Å². The van der Waals surface area contributed by atoms with Gasteiger partial charge < -0.3 is 10.3 Å². The van der Waals surface area contributed by atoms with Crippen molar-refractivity contribution in [3.8, 4) is 0 Å². The molecule has 0 spiro atoms. The summed E-state index contributed by atoms with van der Waals surface area (Å²) in [6.07, 6.45) is 1.45. The van der Waals surface area contributed by atoms with Crippen LogP contribution in [-0.2, 0) is 0 Å². The second-order valence-electron chi connectivity index (χ2n) is 3.85. The molecular weight excluding hydrogens is 296 g/mol. The highest BCUT2D eigenvalue weighted by Gasteiger charge is 2.08. The number of carbonyl (C=O) groups excluding carboxylic acids is 1. The van der Waals surface area contributed by atoms with Gasteiger partial charge in [0.2, 0.25) is 0 Å². The molecule has 5 heteroatoms. The zero-order valence-electron chi connectivity index (χ0n) is 9.66. The Balaban J connectivity index is 2.24. The van der Waals surface area contributed by atoms with E-state index in [-0.39, 0.29) is 17.0 Å². The quantitative estimate of drug-likeness (QED) is 0.896. The number of carbonyl (C=O) groups is 1. The summed E-state index contributed by atoms with van der Waals surface area (Å²) in [4.78, 5) is 25.8. The molecule has 2 rings (SSSR count). The van der Waals surface area contributed by atoms with Crippen LogP contribution < -0.4 is 10.7 Å². The minimum Gasteiger partial charge on any atom is -0.357 e. The van der Waals surface area contributed by atoms with Gasteiger partial charge in [0.15, 0.2) is 5.43 Å². The van der Waals surface area contributed by atoms with Gasteiger partial charge in [0, 0.05) is 28.5 Å². The highest BCUT2D eigenvalue weighted by Crippen LogP contribution is 2.20. The number of aryl methyl sites for hydroxylation is 1. The van der Waals surface area contributed by atoms with Gasteiger partial charge in [-0.3, -0.25) is 9.59 Å². The molecule has 0 fully saturated rings. The largest absolute Gasteiger partial charge is 0.357 e. The Morgan fingerprint density at radius 3 is 2.72 bits per heavy atom. The molecule has 92 valence electrons. The third kappa shape index (κ3) is 2.87. The number of H-pyrrole nitrogens is 1. The molecule has 0 saturated heterocycles. The number of anilines is 1. The number of halogens is 1. The van der Waals surface area contributed by atoms with E-state index in [0.717, 1.165) is 10.0 Å². The summed E-state index contributed by atoms with van der Waals surface area (Å²) in [7, 11) is 0. The van der Waals surface area contributed by atoms with Gasteiger partial charge in [0.1, 0.15) is 5.69 Å². The van der Waals surface area contributed by atoms with Gasteiger partial charge in [-0.25, -0.2) is 0 Å². The van der Waals surface area contributed by atoms with Gasteiger partial charge in [-0.15, -0.1) is 0 Å². The summed E-state index contributed by atoms with van der Waals surface area (Å²) in [5.41, 5.74) is 1.69. The van der Waals surface area contributed by atoms with Crippen LogP contribution in [0, 0.1) is 6.92 Å². The smallest absolute Gasteiger partial charge is 0.272 e. The summed E-state index contributed by atoms with van der Waals surface area (Å²) in [6, 6.07) is 8.18. The summed E-state index contributed by atoms with van der Waals surface area (Å²) in [5, 5.41) is 2.75. The van der Waals surface area contributed by atoms with E-state index in [1.54, 1.807) is 6.07 Å². The number of hydrogen-bond acceptors (Lipinski definition) is 2. The van der Waals surface area contributed by atoms with E-state index >= 15 is 0 Å². The molecule has 1 amide bonds. The first kappa shape index (κ1) is 12.6. The SMILES string of the molecule is Cc1cc(Br)ccc1NC(=O)c1cc(=O)cc[nH]1. The molecule has 1 aromatic carbocycles. The third-order valence-electron chi connectivity index (χ3n) is 2.45. The number of hydrogen-bond donors (Lipinski definition) is 2. The summed E-state index contributed by atoms with van der Waals surface area (Å²) in [6.45, 7) is 1.90. The summed E-state index contributed by atoms with van der Waals surface area (Å²) in [5.74, 6) is -0.335. The molecule has 0 radical (unpaired) electrons. The van der Waals surface area contributed by atoms with E-state index in [0.29, 0.717) is 5.69 Å². The van der Waals surface area contributed by atoms with Crippen LogP contribution >= 0.6 is 15.9 Å². The van der Waals surface area contributed by atoms with Crippen molar-refractivity contribution in [3.05, 3.63) is 62.5 Å². The maximum atomic E-state index is 11.9. The first-order chi connectivity index (χ1) is 8.56. The highest BCUT2D eigenvalue weighted by molar-refractivity contribution is 9.10. The van der Waals surface area contributed by atoms with Crippen LogP contribution in [0.1, 0.15) is 16.1 Å².